The molecule has 0 radical (unpaired) electrons. The highest BCUT2D eigenvalue weighted by Gasteiger charge is 2.12. The first kappa shape index (κ1) is 14.4. The van der Waals surface area contributed by atoms with Gasteiger partial charge in [0.15, 0.2) is 0 Å². The lowest BCUT2D eigenvalue weighted by Crippen LogP contribution is -2.04. The Hall–Kier alpha value is -2.56. The topological polar surface area (TPSA) is 37.8 Å². The maximum Gasteiger partial charge on any atom is 0.149 e. The number of anilines is 2. The Morgan fingerprint density at radius 1 is 1.00 bits per heavy atom. The van der Waals surface area contributed by atoms with Crippen LogP contribution in [0.2, 0.25) is 0 Å². The summed E-state index contributed by atoms with van der Waals surface area (Å²) in [5.74, 6) is 0.0546. The first-order chi connectivity index (χ1) is 10.5. The zero-order valence-corrected chi connectivity index (χ0v) is 12.3. The van der Waals surface area contributed by atoms with Crippen LogP contribution in [0.15, 0.2) is 42.5 Å². The Morgan fingerprint density at radius 2 is 1.77 bits per heavy atom. The molecule has 3 aromatic rings. The molecule has 0 bridgehead atoms. The van der Waals surface area contributed by atoms with E-state index in [9.17, 15) is 8.78 Å². The molecule has 1 N–H and O–H groups in total. The summed E-state index contributed by atoms with van der Waals surface area (Å²) >= 11 is 0. The molecular weight excluding hydrogens is 284 g/mol. The molecule has 0 atom stereocenters. The molecule has 0 fully saturated rings. The molecule has 0 spiro atoms. The number of halogens is 2. The molecule has 0 aliphatic carbocycles. The number of aromatic nitrogens is 2. The third kappa shape index (κ3) is 2.74. The largest absolute Gasteiger partial charge is 0.337 e. The summed E-state index contributed by atoms with van der Waals surface area (Å²) in [5, 5.41) is 3.73. The molecule has 0 aliphatic rings. The number of benzene rings is 2. The number of para-hydroxylation sites is 1. The molecular formula is C17H15F2N3. The SMILES string of the molecule is CC(C)c1nc(Nc2ccc(F)cc2F)c2ccccc2n1. The van der Waals surface area contributed by atoms with Gasteiger partial charge in [0.25, 0.3) is 0 Å². The highest BCUT2D eigenvalue weighted by Crippen LogP contribution is 2.27. The molecule has 112 valence electrons. The molecule has 5 heteroatoms. The molecule has 0 aliphatic heterocycles. The van der Waals surface area contributed by atoms with E-state index < -0.39 is 11.6 Å². The molecule has 0 amide bonds. The molecule has 0 saturated heterocycles. The zero-order chi connectivity index (χ0) is 15.7. The molecule has 0 unspecified atom stereocenters. The van der Waals surface area contributed by atoms with Crippen LogP contribution in [0.3, 0.4) is 0 Å². The smallest absolute Gasteiger partial charge is 0.149 e. The van der Waals surface area contributed by atoms with Gasteiger partial charge in [-0.2, -0.15) is 0 Å². The minimum absolute atomic E-state index is 0.142. The molecule has 3 rings (SSSR count). The molecule has 2 aromatic carbocycles. The van der Waals surface area contributed by atoms with Gasteiger partial charge in [-0.15, -0.1) is 0 Å². The first-order valence-corrected chi connectivity index (χ1v) is 7.03. The summed E-state index contributed by atoms with van der Waals surface area (Å²) in [5.41, 5.74) is 0.964. The second-order valence-corrected chi connectivity index (χ2v) is 5.35. The molecule has 3 nitrogen and oxygen atoms in total. The van der Waals surface area contributed by atoms with E-state index in [1.807, 2.05) is 38.1 Å². The highest BCUT2D eigenvalue weighted by atomic mass is 19.1. The predicted octanol–water partition coefficient (Wildman–Crippen LogP) is 4.78. The van der Waals surface area contributed by atoms with E-state index in [0.717, 1.165) is 17.0 Å². The summed E-state index contributed by atoms with van der Waals surface area (Å²) in [6.45, 7) is 3.98. The van der Waals surface area contributed by atoms with Gasteiger partial charge in [-0.25, -0.2) is 18.7 Å². The third-order valence-corrected chi connectivity index (χ3v) is 3.32. The molecule has 1 aromatic heterocycles. The van der Waals surface area contributed by atoms with Gasteiger partial charge in [-0.05, 0) is 24.3 Å². The van der Waals surface area contributed by atoms with Gasteiger partial charge >= 0.3 is 0 Å². The Bertz CT molecular complexity index is 831. The van der Waals surface area contributed by atoms with Crippen LogP contribution in [0.1, 0.15) is 25.6 Å². The summed E-state index contributed by atoms with van der Waals surface area (Å²) in [6.07, 6.45) is 0. The average Bonchev–Trinajstić information content (AvgIpc) is 2.49. The van der Waals surface area contributed by atoms with Crippen molar-refractivity contribution in [2.45, 2.75) is 19.8 Å². The lowest BCUT2D eigenvalue weighted by Gasteiger charge is -2.13. The van der Waals surface area contributed by atoms with Gasteiger partial charge in [-0.1, -0.05) is 26.0 Å². The summed E-state index contributed by atoms with van der Waals surface area (Å²) in [7, 11) is 0. The van der Waals surface area contributed by atoms with Crippen LogP contribution < -0.4 is 5.32 Å². The van der Waals surface area contributed by atoms with E-state index in [-0.39, 0.29) is 11.6 Å². The van der Waals surface area contributed by atoms with Crippen molar-refractivity contribution >= 4 is 22.4 Å². The van der Waals surface area contributed by atoms with Gasteiger partial charge in [0, 0.05) is 17.4 Å². The highest BCUT2D eigenvalue weighted by molar-refractivity contribution is 5.90. The fourth-order valence-corrected chi connectivity index (χ4v) is 2.17. The van der Waals surface area contributed by atoms with Crippen LogP contribution in [-0.2, 0) is 0 Å². The fraction of sp³-hybridized carbons (Fsp3) is 0.176. The molecule has 22 heavy (non-hydrogen) atoms. The van der Waals surface area contributed by atoms with Gasteiger partial charge < -0.3 is 5.32 Å². The van der Waals surface area contributed by atoms with Crippen molar-refractivity contribution in [1.82, 2.24) is 9.97 Å². The van der Waals surface area contributed by atoms with Crippen LogP contribution in [0.4, 0.5) is 20.3 Å². The van der Waals surface area contributed by atoms with Crippen LogP contribution in [-0.4, -0.2) is 9.97 Å². The van der Waals surface area contributed by atoms with E-state index in [0.29, 0.717) is 11.6 Å². The number of hydrogen-bond acceptors (Lipinski definition) is 3. The standard InChI is InChI=1S/C17H15F2N3/c1-10(2)16-20-14-6-4-3-5-12(14)17(22-16)21-15-8-7-11(18)9-13(15)19/h3-10H,1-2H3,(H,20,21,22). The minimum Gasteiger partial charge on any atom is -0.337 e. The van der Waals surface area contributed by atoms with Crippen molar-refractivity contribution in [1.29, 1.82) is 0 Å². The van der Waals surface area contributed by atoms with Gasteiger partial charge in [-0.3, -0.25) is 0 Å². The van der Waals surface area contributed by atoms with Crippen molar-refractivity contribution in [3.63, 3.8) is 0 Å². The minimum atomic E-state index is -0.659. The quantitative estimate of drug-likeness (QED) is 0.756. The van der Waals surface area contributed by atoms with Crippen LogP contribution in [0.25, 0.3) is 10.9 Å². The molecule has 0 saturated carbocycles. The van der Waals surface area contributed by atoms with E-state index in [2.05, 4.69) is 15.3 Å². The fourth-order valence-electron chi connectivity index (χ4n) is 2.17. The second-order valence-electron chi connectivity index (χ2n) is 5.35. The molecule has 1 heterocycles. The number of rotatable bonds is 3. The average molecular weight is 299 g/mol. The van der Waals surface area contributed by atoms with Gasteiger partial charge in [0.05, 0.1) is 11.2 Å². The van der Waals surface area contributed by atoms with E-state index in [1.54, 1.807) is 0 Å². The van der Waals surface area contributed by atoms with E-state index in [4.69, 9.17) is 0 Å². The second kappa shape index (κ2) is 5.67. The van der Waals surface area contributed by atoms with Crippen LogP contribution in [0, 0.1) is 11.6 Å². The zero-order valence-electron chi connectivity index (χ0n) is 12.3. The summed E-state index contributed by atoms with van der Waals surface area (Å²) in [6, 6.07) is 10.9. The monoisotopic (exact) mass is 299 g/mol. The number of nitrogens with zero attached hydrogens (tertiary/aromatic N) is 2. The lowest BCUT2D eigenvalue weighted by molar-refractivity contribution is 0.586. The number of nitrogens with one attached hydrogen (secondary N) is 1. The Balaban J connectivity index is 2.12. The number of fused-ring (bicyclic) bond motifs is 1. The van der Waals surface area contributed by atoms with E-state index in [1.165, 1.54) is 12.1 Å². The normalized spacial score (nSPS) is 11.1. The Labute approximate surface area is 127 Å². The van der Waals surface area contributed by atoms with Crippen LogP contribution >= 0.6 is 0 Å². The predicted molar refractivity (Wildman–Crippen MR) is 83.3 cm³/mol. The summed E-state index contributed by atoms with van der Waals surface area (Å²) < 4.78 is 26.9. The Kier molecular flexibility index (Phi) is 3.71. The summed E-state index contributed by atoms with van der Waals surface area (Å²) in [4.78, 5) is 8.99. The van der Waals surface area contributed by atoms with Crippen molar-refractivity contribution in [2.75, 3.05) is 5.32 Å². The lowest BCUT2D eigenvalue weighted by atomic mass is 10.1. The van der Waals surface area contributed by atoms with Crippen molar-refractivity contribution in [2.24, 2.45) is 0 Å². The maximum absolute atomic E-state index is 13.8. The van der Waals surface area contributed by atoms with Gasteiger partial charge in [0.2, 0.25) is 0 Å². The van der Waals surface area contributed by atoms with Gasteiger partial charge in [0.1, 0.15) is 23.3 Å². The number of hydrogen-bond donors (Lipinski definition) is 1. The maximum atomic E-state index is 13.8. The van der Waals surface area contributed by atoms with Crippen molar-refractivity contribution in [3.05, 3.63) is 59.9 Å². The van der Waals surface area contributed by atoms with Crippen LogP contribution in [0.5, 0.6) is 0 Å². The Morgan fingerprint density at radius 3 is 2.50 bits per heavy atom. The van der Waals surface area contributed by atoms with Crippen molar-refractivity contribution in [3.8, 4) is 0 Å². The first-order valence-electron chi connectivity index (χ1n) is 7.03. The van der Waals surface area contributed by atoms with E-state index >= 15 is 0 Å². The third-order valence-electron chi connectivity index (χ3n) is 3.32. The van der Waals surface area contributed by atoms with Crippen molar-refractivity contribution < 1.29 is 8.78 Å².